The molecule has 0 amide bonds. The van der Waals surface area contributed by atoms with Crippen molar-refractivity contribution in [3.63, 3.8) is 0 Å². The Hall–Kier alpha value is -2.45. The van der Waals surface area contributed by atoms with Crippen LogP contribution in [0.3, 0.4) is 0 Å². The third kappa shape index (κ3) is 5.01. The summed E-state index contributed by atoms with van der Waals surface area (Å²) >= 11 is 0. The van der Waals surface area contributed by atoms with Gasteiger partial charge in [0.05, 0.1) is 26.2 Å². The van der Waals surface area contributed by atoms with Crippen molar-refractivity contribution in [3.8, 4) is 16.9 Å². The highest BCUT2D eigenvalue weighted by Crippen LogP contribution is 2.28. The van der Waals surface area contributed by atoms with E-state index in [0.717, 1.165) is 17.4 Å². The lowest BCUT2D eigenvalue weighted by molar-refractivity contribution is 0.0593. The standard InChI is InChI=1S/C17H19NO6S/c1-11-7-14(22-2)5-6-15(11)12-8-13(10-24-25(4,20)21)18-16(9-12)17(19)23-3/h5-9H,10H2,1-4H3. The molecular formula is C17H19NO6S. The first kappa shape index (κ1) is 18.9. The number of methoxy groups -OCH3 is 2. The summed E-state index contributed by atoms with van der Waals surface area (Å²) in [6.45, 7) is 1.63. The Morgan fingerprint density at radius 3 is 2.44 bits per heavy atom. The molecule has 2 aromatic rings. The van der Waals surface area contributed by atoms with E-state index in [9.17, 15) is 13.2 Å². The van der Waals surface area contributed by atoms with E-state index in [1.807, 2.05) is 19.1 Å². The minimum atomic E-state index is -3.63. The number of ether oxygens (including phenoxy) is 2. The van der Waals surface area contributed by atoms with Crippen molar-refractivity contribution >= 4 is 16.1 Å². The quantitative estimate of drug-likeness (QED) is 0.573. The molecule has 134 valence electrons. The minimum Gasteiger partial charge on any atom is -0.497 e. The van der Waals surface area contributed by atoms with Crippen LogP contribution in [0.2, 0.25) is 0 Å². The van der Waals surface area contributed by atoms with Crippen molar-refractivity contribution in [2.24, 2.45) is 0 Å². The summed E-state index contributed by atoms with van der Waals surface area (Å²) in [5, 5.41) is 0. The number of carbonyl (C=O) groups is 1. The zero-order valence-corrected chi connectivity index (χ0v) is 15.2. The van der Waals surface area contributed by atoms with Gasteiger partial charge in [0, 0.05) is 0 Å². The lowest BCUT2D eigenvalue weighted by atomic mass is 9.99. The molecule has 0 saturated heterocycles. The van der Waals surface area contributed by atoms with Gasteiger partial charge in [0.25, 0.3) is 10.1 Å². The average Bonchev–Trinajstić information content (AvgIpc) is 2.58. The second-order valence-corrected chi connectivity index (χ2v) is 7.02. The number of nitrogens with zero attached hydrogens (tertiary/aromatic N) is 1. The van der Waals surface area contributed by atoms with Gasteiger partial charge in [-0.1, -0.05) is 6.07 Å². The molecule has 1 aromatic heterocycles. The topological polar surface area (TPSA) is 91.8 Å². The summed E-state index contributed by atoms with van der Waals surface area (Å²) < 4.78 is 37.1. The molecule has 0 fully saturated rings. The Morgan fingerprint density at radius 2 is 1.88 bits per heavy atom. The molecular weight excluding hydrogens is 346 g/mol. The molecule has 1 aromatic carbocycles. The molecule has 0 aliphatic heterocycles. The van der Waals surface area contributed by atoms with Gasteiger partial charge in [0.15, 0.2) is 0 Å². The molecule has 0 unspecified atom stereocenters. The van der Waals surface area contributed by atoms with Crippen LogP contribution >= 0.6 is 0 Å². The van der Waals surface area contributed by atoms with Crippen LogP contribution in [0.25, 0.3) is 11.1 Å². The highest BCUT2D eigenvalue weighted by atomic mass is 32.2. The van der Waals surface area contributed by atoms with E-state index in [1.54, 1.807) is 25.3 Å². The number of carbonyl (C=O) groups excluding carboxylic acids is 1. The SMILES string of the molecule is COC(=O)c1cc(-c2ccc(OC)cc2C)cc(COS(C)(=O)=O)n1. The average molecular weight is 365 g/mol. The van der Waals surface area contributed by atoms with Crippen molar-refractivity contribution in [2.45, 2.75) is 13.5 Å². The van der Waals surface area contributed by atoms with E-state index in [2.05, 4.69) is 4.98 Å². The van der Waals surface area contributed by atoms with Gasteiger partial charge in [-0.05, 0) is 47.9 Å². The Kier molecular flexibility index (Phi) is 5.76. The van der Waals surface area contributed by atoms with Crippen LogP contribution in [-0.2, 0) is 25.6 Å². The fourth-order valence-electron chi connectivity index (χ4n) is 2.28. The number of rotatable bonds is 6. The van der Waals surface area contributed by atoms with Gasteiger partial charge in [0.2, 0.25) is 0 Å². The Balaban J connectivity index is 2.51. The number of aryl methyl sites for hydroxylation is 1. The summed E-state index contributed by atoms with van der Waals surface area (Å²) in [6.07, 6.45) is 0.950. The van der Waals surface area contributed by atoms with E-state index in [-0.39, 0.29) is 12.3 Å². The second-order valence-electron chi connectivity index (χ2n) is 5.37. The van der Waals surface area contributed by atoms with E-state index >= 15 is 0 Å². The first-order valence-corrected chi connectivity index (χ1v) is 9.14. The molecule has 25 heavy (non-hydrogen) atoms. The first-order chi connectivity index (χ1) is 11.7. The van der Waals surface area contributed by atoms with Gasteiger partial charge < -0.3 is 9.47 Å². The highest BCUT2D eigenvalue weighted by molar-refractivity contribution is 7.85. The largest absolute Gasteiger partial charge is 0.497 e. The van der Waals surface area contributed by atoms with Gasteiger partial charge in [-0.2, -0.15) is 8.42 Å². The molecule has 0 N–H and O–H groups in total. The maximum absolute atomic E-state index is 11.9. The summed E-state index contributed by atoms with van der Waals surface area (Å²) in [5.74, 6) is 0.0951. The fourth-order valence-corrected chi connectivity index (χ4v) is 2.62. The van der Waals surface area contributed by atoms with Crippen LogP contribution in [0.5, 0.6) is 5.75 Å². The van der Waals surface area contributed by atoms with Crippen molar-refractivity contribution in [2.75, 3.05) is 20.5 Å². The summed E-state index contributed by atoms with van der Waals surface area (Å²) in [7, 11) is -0.796. The van der Waals surface area contributed by atoms with Crippen molar-refractivity contribution in [1.29, 1.82) is 0 Å². The zero-order valence-electron chi connectivity index (χ0n) is 14.4. The van der Waals surface area contributed by atoms with E-state index in [1.165, 1.54) is 7.11 Å². The van der Waals surface area contributed by atoms with E-state index in [0.29, 0.717) is 17.0 Å². The Morgan fingerprint density at radius 1 is 1.16 bits per heavy atom. The predicted octanol–water partition coefficient (Wildman–Crippen LogP) is 2.33. The zero-order chi connectivity index (χ0) is 18.6. The van der Waals surface area contributed by atoms with Gasteiger partial charge in [0.1, 0.15) is 18.1 Å². The molecule has 0 atom stereocenters. The monoisotopic (exact) mass is 365 g/mol. The molecule has 1 heterocycles. The third-order valence-corrected chi connectivity index (χ3v) is 3.98. The maximum atomic E-state index is 11.9. The number of pyridine rings is 1. The first-order valence-electron chi connectivity index (χ1n) is 7.32. The van der Waals surface area contributed by atoms with Crippen LogP contribution in [0.4, 0.5) is 0 Å². The molecule has 8 heteroatoms. The normalized spacial score (nSPS) is 11.2. The van der Waals surface area contributed by atoms with Crippen LogP contribution in [0, 0.1) is 6.92 Å². The van der Waals surface area contributed by atoms with E-state index in [4.69, 9.17) is 13.7 Å². The number of aromatic nitrogens is 1. The predicted molar refractivity (Wildman–Crippen MR) is 91.9 cm³/mol. The second kappa shape index (κ2) is 7.62. The summed E-state index contributed by atoms with van der Waals surface area (Å²) in [6, 6.07) is 8.77. The number of hydrogen-bond acceptors (Lipinski definition) is 7. The van der Waals surface area contributed by atoms with Gasteiger partial charge >= 0.3 is 5.97 Å². The van der Waals surface area contributed by atoms with Crippen molar-refractivity contribution in [3.05, 3.63) is 47.3 Å². The molecule has 2 rings (SSSR count). The minimum absolute atomic E-state index is 0.0716. The molecule has 0 aliphatic rings. The molecule has 7 nitrogen and oxygen atoms in total. The van der Waals surface area contributed by atoms with Gasteiger partial charge in [-0.15, -0.1) is 0 Å². The molecule has 0 saturated carbocycles. The summed E-state index contributed by atoms with van der Waals surface area (Å²) in [5.41, 5.74) is 2.86. The highest BCUT2D eigenvalue weighted by Gasteiger charge is 2.14. The lowest BCUT2D eigenvalue weighted by Crippen LogP contribution is -2.09. The van der Waals surface area contributed by atoms with Crippen molar-refractivity contribution in [1.82, 2.24) is 4.98 Å². The number of esters is 1. The molecule has 0 aliphatic carbocycles. The molecule has 0 spiro atoms. The Bertz CT molecular complexity index is 892. The molecule has 0 radical (unpaired) electrons. The van der Waals surface area contributed by atoms with Crippen LogP contribution < -0.4 is 4.74 Å². The third-order valence-electron chi connectivity index (χ3n) is 3.44. The van der Waals surface area contributed by atoms with Crippen LogP contribution in [-0.4, -0.2) is 39.8 Å². The number of hydrogen-bond donors (Lipinski definition) is 0. The van der Waals surface area contributed by atoms with Gasteiger partial charge in [-0.25, -0.2) is 9.78 Å². The number of benzene rings is 1. The summed E-state index contributed by atoms with van der Waals surface area (Å²) in [4.78, 5) is 16.0. The van der Waals surface area contributed by atoms with Gasteiger partial charge in [-0.3, -0.25) is 4.18 Å². The van der Waals surface area contributed by atoms with Crippen LogP contribution in [0.1, 0.15) is 21.7 Å². The van der Waals surface area contributed by atoms with Crippen molar-refractivity contribution < 1.29 is 26.9 Å². The van der Waals surface area contributed by atoms with Crippen LogP contribution in [0.15, 0.2) is 30.3 Å². The van der Waals surface area contributed by atoms with E-state index < -0.39 is 16.1 Å². The Labute approximate surface area is 146 Å². The smallest absolute Gasteiger partial charge is 0.356 e. The lowest BCUT2D eigenvalue weighted by Gasteiger charge is -2.11. The fraction of sp³-hybridized carbons (Fsp3) is 0.294. The molecule has 0 bridgehead atoms. The maximum Gasteiger partial charge on any atom is 0.356 e.